The SMILES string of the molecule is OCC1CCC(COCC2CO2)CC1. The third-order valence-electron chi connectivity index (χ3n) is 3.28. The zero-order valence-electron chi connectivity index (χ0n) is 8.65. The van der Waals surface area contributed by atoms with Crippen LogP contribution in [0, 0.1) is 11.8 Å². The maximum atomic E-state index is 8.99. The van der Waals surface area contributed by atoms with Gasteiger partial charge in [-0.1, -0.05) is 0 Å². The summed E-state index contributed by atoms with van der Waals surface area (Å²) in [7, 11) is 0. The number of aliphatic hydroxyl groups is 1. The molecule has 2 rings (SSSR count). The van der Waals surface area contributed by atoms with Crippen molar-refractivity contribution in [1.82, 2.24) is 0 Å². The van der Waals surface area contributed by atoms with Crippen LogP contribution in [-0.4, -0.2) is 37.6 Å². The lowest BCUT2D eigenvalue weighted by molar-refractivity contribution is 0.0609. The van der Waals surface area contributed by atoms with Gasteiger partial charge in [-0.25, -0.2) is 0 Å². The van der Waals surface area contributed by atoms with Crippen molar-refractivity contribution in [2.24, 2.45) is 11.8 Å². The highest BCUT2D eigenvalue weighted by Crippen LogP contribution is 2.28. The van der Waals surface area contributed by atoms with Crippen LogP contribution in [0.25, 0.3) is 0 Å². The third kappa shape index (κ3) is 3.23. The summed E-state index contributed by atoms with van der Waals surface area (Å²) < 4.78 is 10.7. The van der Waals surface area contributed by atoms with E-state index >= 15 is 0 Å². The molecule has 0 spiro atoms. The number of ether oxygens (including phenoxy) is 2. The second-order valence-corrected chi connectivity index (χ2v) is 4.56. The van der Waals surface area contributed by atoms with Crippen LogP contribution in [0.2, 0.25) is 0 Å². The van der Waals surface area contributed by atoms with Gasteiger partial charge in [-0.15, -0.1) is 0 Å². The van der Waals surface area contributed by atoms with Crippen LogP contribution in [0.15, 0.2) is 0 Å². The fourth-order valence-corrected chi connectivity index (χ4v) is 2.11. The lowest BCUT2D eigenvalue weighted by atomic mass is 9.83. The summed E-state index contributed by atoms with van der Waals surface area (Å²) in [5.74, 6) is 1.27. The van der Waals surface area contributed by atoms with E-state index in [9.17, 15) is 0 Å². The molecule has 1 aliphatic carbocycles. The van der Waals surface area contributed by atoms with E-state index in [-0.39, 0.29) is 0 Å². The van der Waals surface area contributed by atoms with Crippen LogP contribution >= 0.6 is 0 Å². The molecule has 0 aromatic rings. The Morgan fingerprint density at radius 2 is 1.71 bits per heavy atom. The summed E-state index contributed by atoms with van der Waals surface area (Å²) in [6, 6.07) is 0. The Hall–Kier alpha value is -0.120. The minimum Gasteiger partial charge on any atom is -0.396 e. The molecule has 2 aliphatic rings. The summed E-state index contributed by atoms with van der Waals surface area (Å²) in [6.07, 6.45) is 5.17. The molecule has 1 N–H and O–H groups in total. The van der Waals surface area contributed by atoms with Crippen LogP contribution < -0.4 is 0 Å². The first-order valence-corrected chi connectivity index (χ1v) is 5.68. The highest BCUT2D eigenvalue weighted by Gasteiger charge is 2.24. The fourth-order valence-electron chi connectivity index (χ4n) is 2.11. The summed E-state index contributed by atoms with van der Waals surface area (Å²) >= 11 is 0. The highest BCUT2D eigenvalue weighted by molar-refractivity contribution is 4.73. The molecule has 0 radical (unpaired) electrons. The number of hydrogen-bond donors (Lipinski definition) is 1. The van der Waals surface area contributed by atoms with Crippen molar-refractivity contribution < 1.29 is 14.6 Å². The van der Waals surface area contributed by atoms with Gasteiger partial charge in [0, 0.05) is 13.2 Å². The van der Waals surface area contributed by atoms with Gasteiger partial charge < -0.3 is 14.6 Å². The van der Waals surface area contributed by atoms with Crippen LogP contribution in [0.5, 0.6) is 0 Å². The van der Waals surface area contributed by atoms with Gasteiger partial charge in [0.05, 0.1) is 13.2 Å². The van der Waals surface area contributed by atoms with Gasteiger partial charge >= 0.3 is 0 Å². The van der Waals surface area contributed by atoms with Crippen LogP contribution in [0.1, 0.15) is 25.7 Å². The Morgan fingerprint density at radius 1 is 1.07 bits per heavy atom. The van der Waals surface area contributed by atoms with E-state index in [0.29, 0.717) is 18.6 Å². The molecular weight excluding hydrogens is 180 g/mol. The smallest absolute Gasteiger partial charge is 0.104 e. The molecule has 0 amide bonds. The first kappa shape index (κ1) is 10.4. The summed E-state index contributed by atoms with van der Waals surface area (Å²) in [5, 5.41) is 8.99. The van der Waals surface area contributed by atoms with Crippen molar-refractivity contribution in [3.63, 3.8) is 0 Å². The largest absolute Gasteiger partial charge is 0.396 e. The van der Waals surface area contributed by atoms with Gasteiger partial charge in [0.1, 0.15) is 6.10 Å². The summed E-state index contributed by atoms with van der Waals surface area (Å²) in [4.78, 5) is 0. The molecule has 1 saturated carbocycles. The molecule has 1 atom stereocenters. The standard InChI is InChI=1S/C11H20O3/c12-5-9-1-3-10(4-2-9)6-13-7-11-8-14-11/h9-12H,1-8H2. The van der Waals surface area contributed by atoms with Crippen molar-refractivity contribution in [2.75, 3.05) is 26.4 Å². The van der Waals surface area contributed by atoms with Gasteiger partial charge in [0.25, 0.3) is 0 Å². The Bertz CT molecular complexity index is 160. The first-order chi connectivity index (χ1) is 6.88. The molecule has 82 valence electrons. The number of epoxide rings is 1. The molecule has 0 aromatic carbocycles. The average molecular weight is 200 g/mol. The molecule has 14 heavy (non-hydrogen) atoms. The van der Waals surface area contributed by atoms with Gasteiger partial charge in [0.2, 0.25) is 0 Å². The number of hydrogen-bond acceptors (Lipinski definition) is 3. The van der Waals surface area contributed by atoms with Crippen molar-refractivity contribution in [3.8, 4) is 0 Å². The van der Waals surface area contributed by atoms with E-state index in [1.807, 2.05) is 0 Å². The molecule has 1 unspecified atom stereocenters. The second kappa shape index (κ2) is 5.10. The lowest BCUT2D eigenvalue weighted by Crippen LogP contribution is -2.21. The molecular formula is C11H20O3. The number of rotatable bonds is 5. The van der Waals surface area contributed by atoms with Crippen LogP contribution in [0.4, 0.5) is 0 Å². The maximum absolute atomic E-state index is 8.99. The van der Waals surface area contributed by atoms with Gasteiger partial charge in [-0.2, -0.15) is 0 Å². The normalized spacial score (nSPS) is 37.1. The minimum absolute atomic E-state index is 0.365. The van der Waals surface area contributed by atoms with E-state index in [1.165, 1.54) is 25.7 Å². The Kier molecular flexibility index (Phi) is 3.79. The Morgan fingerprint density at radius 3 is 2.29 bits per heavy atom. The molecule has 1 heterocycles. The second-order valence-electron chi connectivity index (χ2n) is 4.56. The van der Waals surface area contributed by atoms with E-state index < -0.39 is 0 Å². The zero-order valence-corrected chi connectivity index (χ0v) is 8.65. The van der Waals surface area contributed by atoms with Crippen molar-refractivity contribution in [3.05, 3.63) is 0 Å². The fraction of sp³-hybridized carbons (Fsp3) is 1.00. The van der Waals surface area contributed by atoms with Gasteiger partial charge in [0.15, 0.2) is 0 Å². The highest BCUT2D eigenvalue weighted by atomic mass is 16.6. The van der Waals surface area contributed by atoms with Crippen molar-refractivity contribution in [2.45, 2.75) is 31.8 Å². The maximum Gasteiger partial charge on any atom is 0.104 e. The van der Waals surface area contributed by atoms with Crippen molar-refractivity contribution in [1.29, 1.82) is 0 Å². The lowest BCUT2D eigenvalue weighted by Gasteiger charge is -2.26. The Balaban J connectivity index is 1.53. The molecule has 0 aromatic heterocycles. The zero-order chi connectivity index (χ0) is 9.80. The van der Waals surface area contributed by atoms with Crippen LogP contribution in [-0.2, 0) is 9.47 Å². The Labute approximate surface area is 85.4 Å². The van der Waals surface area contributed by atoms with E-state index in [4.69, 9.17) is 14.6 Å². The molecule has 0 bridgehead atoms. The molecule has 3 nitrogen and oxygen atoms in total. The van der Waals surface area contributed by atoms with Crippen molar-refractivity contribution >= 4 is 0 Å². The first-order valence-electron chi connectivity index (χ1n) is 5.68. The average Bonchev–Trinajstić information content (AvgIpc) is 3.03. The van der Waals surface area contributed by atoms with E-state index in [0.717, 1.165) is 25.7 Å². The minimum atomic E-state index is 0.365. The topological polar surface area (TPSA) is 42.0 Å². The third-order valence-corrected chi connectivity index (χ3v) is 3.28. The number of aliphatic hydroxyl groups excluding tert-OH is 1. The van der Waals surface area contributed by atoms with E-state index in [2.05, 4.69) is 0 Å². The van der Waals surface area contributed by atoms with E-state index in [1.54, 1.807) is 0 Å². The van der Waals surface area contributed by atoms with Crippen LogP contribution in [0.3, 0.4) is 0 Å². The molecule has 1 saturated heterocycles. The quantitative estimate of drug-likeness (QED) is 0.678. The summed E-state index contributed by atoms with van der Waals surface area (Å²) in [6.45, 7) is 2.92. The van der Waals surface area contributed by atoms with Gasteiger partial charge in [-0.3, -0.25) is 0 Å². The molecule has 3 heteroatoms. The predicted octanol–water partition coefficient (Wildman–Crippen LogP) is 1.20. The summed E-state index contributed by atoms with van der Waals surface area (Å²) in [5.41, 5.74) is 0. The molecule has 1 aliphatic heterocycles. The predicted molar refractivity (Wildman–Crippen MR) is 53.1 cm³/mol. The van der Waals surface area contributed by atoms with Gasteiger partial charge in [-0.05, 0) is 37.5 Å². The monoisotopic (exact) mass is 200 g/mol. The molecule has 2 fully saturated rings.